The lowest BCUT2D eigenvalue weighted by atomic mass is 10.0. The Bertz CT molecular complexity index is 500. The second-order valence-electron chi connectivity index (χ2n) is 5.95. The van der Waals surface area contributed by atoms with Crippen molar-refractivity contribution in [1.29, 1.82) is 5.26 Å². The van der Waals surface area contributed by atoms with E-state index in [1.54, 1.807) is 7.11 Å². The Morgan fingerprint density at radius 1 is 1.10 bits per heavy atom. The van der Waals surface area contributed by atoms with Gasteiger partial charge in [-0.1, -0.05) is 6.42 Å². The van der Waals surface area contributed by atoms with Crippen LogP contribution in [-0.4, -0.2) is 44.2 Å². The van der Waals surface area contributed by atoms with Gasteiger partial charge in [-0.3, -0.25) is 4.90 Å². The van der Waals surface area contributed by atoms with Crippen molar-refractivity contribution < 1.29 is 4.74 Å². The first kappa shape index (κ1) is 14.2. The van der Waals surface area contributed by atoms with Crippen LogP contribution in [0.1, 0.15) is 19.3 Å². The summed E-state index contributed by atoms with van der Waals surface area (Å²) < 4.78 is 5.21. The quantitative estimate of drug-likeness (QED) is 0.855. The Kier molecular flexibility index (Phi) is 4.31. The first-order chi connectivity index (χ1) is 10.3. The summed E-state index contributed by atoms with van der Waals surface area (Å²) in [6.07, 6.45) is 3.49. The van der Waals surface area contributed by atoms with Crippen LogP contribution in [0.15, 0.2) is 24.3 Å². The summed E-state index contributed by atoms with van der Waals surface area (Å²) in [7, 11) is 1.70. The number of hydrogen-bond donors (Lipinski definition) is 0. The molecule has 1 aliphatic carbocycles. The van der Waals surface area contributed by atoms with Crippen LogP contribution in [0.2, 0.25) is 0 Å². The molecule has 1 heterocycles. The molecule has 2 unspecified atom stereocenters. The smallest absolute Gasteiger partial charge is 0.119 e. The molecular formula is C17H23N3O. The standard InChI is InChI=1S/C17H23N3O/c1-21-16-7-5-15(6-8-16)19-9-11-20(12-10-19)17-4-2-3-14(17)13-18/h5-8,14,17H,2-4,9-12H2,1H3. The zero-order valence-electron chi connectivity index (χ0n) is 12.7. The third-order valence-electron chi connectivity index (χ3n) is 4.87. The second-order valence-corrected chi connectivity index (χ2v) is 5.95. The number of nitrogens with zero attached hydrogens (tertiary/aromatic N) is 3. The number of nitriles is 1. The van der Waals surface area contributed by atoms with E-state index in [-0.39, 0.29) is 5.92 Å². The highest BCUT2D eigenvalue weighted by Crippen LogP contribution is 2.30. The van der Waals surface area contributed by atoms with Crippen molar-refractivity contribution in [1.82, 2.24) is 4.90 Å². The van der Waals surface area contributed by atoms with Crippen LogP contribution in [0.25, 0.3) is 0 Å². The van der Waals surface area contributed by atoms with Crippen LogP contribution in [-0.2, 0) is 0 Å². The van der Waals surface area contributed by atoms with Gasteiger partial charge >= 0.3 is 0 Å². The molecule has 1 aromatic carbocycles. The van der Waals surface area contributed by atoms with E-state index in [1.165, 1.54) is 18.5 Å². The molecule has 21 heavy (non-hydrogen) atoms. The number of benzene rings is 1. The molecule has 0 aromatic heterocycles. The normalized spacial score (nSPS) is 26.6. The summed E-state index contributed by atoms with van der Waals surface area (Å²) in [6, 6.07) is 11.3. The van der Waals surface area contributed by atoms with Gasteiger partial charge in [-0.05, 0) is 37.1 Å². The van der Waals surface area contributed by atoms with E-state index in [2.05, 4.69) is 28.0 Å². The molecule has 0 N–H and O–H groups in total. The van der Waals surface area contributed by atoms with Crippen molar-refractivity contribution in [2.45, 2.75) is 25.3 Å². The maximum Gasteiger partial charge on any atom is 0.119 e. The number of methoxy groups -OCH3 is 1. The first-order valence-electron chi connectivity index (χ1n) is 7.84. The van der Waals surface area contributed by atoms with Crippen molar-refractivity contribution in [3.8, 4) is 11.8 Å². The number of ether oxygens (including phenoxy) is 1. The highest BCUT2D eigenvalue weighted by Gasteiger charge is 2.33. The molecule has 2 aliphatic rings. The summed E-state index contributed by atoms with van der Waals surface area (Å²) in [5.74, 6) is 1.15. The summed E-state index contributed by atoms with van der Waals surface area (Å²) >= 11 is 0. The van der Waals surface area contributed by atoms with Gasteiger partial charge in [-0.25, -0.2) is 0 Å². The van der Waals surface area contributed by atoms with Crippen LogP contribution < -0.4 is 9.64 Å². The predicted octanol–water partition coefficient (Wildman–Crippen LogP) is 2.51. The van der Waals surface area contributed by atoms with E-state index in [4.69, 9.17) is 4.74 Å². The molecule has 2 fully saturated rings. The lowest BCUT2D eigenvalue weighted by molar-refractivity contribution is 0.168. The Labute approximate surface area is 126 Å². The number of piperazine rings is 1. The van der Waals surface area contributed by atoms with Crippen LogP contribution in [0, 0.1) is 17.2 Å². The Morgan fingerprint density at radius 3 is 2.43 bits per heavy atom. The first-order valence-corrected chi connectivity index (χ1v) is 7.84. The zero-order valence-corrected chi connectivity index (χ0v) is 12.7. The van der Waals surface area contributed by atoms with Gasteiger partial charge in [0.25, 0.3) is 0 Å². The zero-order chi connectivity index (χ0) is 14.7. The van der Waals surface area contributed by atoms with Gasteiger partial charge < -0.3 is 9.64 Å². The van der Waals surface area contributed by atoms with E-state index < -0.39 is 0 Å². The molecule has 1 aromatic rings. The van der Waals surface area contributed by atoms with E-state index in [0.717, 1.165) is 38.3 Å². The van der Waals surface area contributed by atoms with E-state index in [0.29, 0.717) is 6.04 Å². The third-order valence-corrected chi connectivity index (χ3v) is 4.87. The SMILES string of the molecule is COc1ccc(N2CCN(C3CCCC3C#N)CC2)cc1. The lowest BCUT2D eigenvalue weighted by Gasteiger charge is -2.40. The van der Waals surface area contributed by atoms with Crippen LogP contribution in [0.3, 0.4) is 0 Å². The number of hydrogen-bond acceptors (Lipinski definition) is 4. The van der Waals surface area contributed by atoms with Gasteiger partial charge in [0.05, 0.1) is 19.1 Å². The third kappa shape index (κ3) is 2.98. The average Bonchev–Trinajstić information content (AvgIpc) is 3.04. The average molecular weight is 285 g/mol. The number of anilines is 1. The fraction of sp³-hybridized carbons (Fsp3) is 0.588. The second kappa shape index (κ2) is 6.36. The summed E-state index contributed by atoms with van der Waals surface area (Å²) in [4.78, 5) is 4.95. The van der Waals surface area contributed by atoms with E-state index in [9.17, 15) is 5.26 Å². The topological polar surface area (TPSA) is 39.5 Å². The largest absolute Gasteiger partial charge is 0.497 e. The number of rotatable bonds is 3. The van der Waals surface area contributed by atoms with Gasteiger partial charge in [-0.2, -0.15) is 5.26 Å². The van der Waals surface area contributed by atoms with E-state index >= 15 is 0 Å². The Morgan fingerprint density at radius 2 is 1.81 bits per heavy atom. The highest BCUT2D eigenvalue weighted by molar-refractivity contribution is 5.49. The predicted molar refractivity (Wildman–Crippen MR) is 83.5 cm³/mol. The summed E-state index contributed by atoms with van der Waals surface area (Å²) in [5, 5.41) is 9.25. The maximum atomic E-state index is 9.25. The minimum Gasteiger partial charge on any atom is -0.497 e. The molecule has 4 heteroatoms. The van der Waals surface area contributed by atoms with Crippen molar-refractivity contribution in [3.63, 3.8) is 0 Å². The Hall–Kier alpha value is -1.73. The van der Waals surface area contributed by atoms with Gasteiger partial charge in [0, 0.05) is 37.9 Å². The molecule has 0 spiro atoms. The van der Waals surface area contributed by atoms with Gasteiger partial charge in [0.1, 0.15) is 5.75 Å². The molecule has 0 amide bonds. The van der Waals surface area contributed by atoms with Gasteiger partial charge in [0.2, 0.25) is 0 Å². The van der Waals surface area contributed by atoms with Crippen LogP contribution >= 0.6 is 0 Å². The molecule has 1 aliphatic heterocycles. The molecule has 1 saturated carbocycles. The Balaban J connectivity index is 1.58. The molecule has 2 atom stereocenters. The lowest BCUT2D eigenvalue weighted by Crippen LogP contribution is -2.51. The maximum absolute atomic E-state index is 9.25. The molecule has 3 rings (SSSR count). The minimum atomic E-state index is 0.248. The minimum absolute atomic E-state index is 0.248. The molecule has 112 valence electrons. The van der Waals surface area contributed by atoms with Crippen molar-refractivity contribution in [3.05, 3.63) is 24.3 Å². The molecule has 0 radical (unpaired) electrons. The van der Waals surface area contributed by atoms with Gasteiger partial charge in [0.15, 0.2) is 0 Å². The monoisotopic (exact) mass is 285 g/mol. The van der Waals surface area contributed by atoms with Crippen LogP contribution in [0.5, 0.6) is 5.75 Å². The highest BCUT2D eigenvalue weighted by atomic mass is 16.5. The molecule has 4 nitrogen and oxygen atoms in total. The van der Waals surface area contributed by atoms with Gasteiger partial charge in [-0.15, -0.1) is 0 Å². The fourth-order valence-electron chi connectivity index (χ4n) is 3.63. The molecule has 1 saturated heterocycles. The molecular weight excluding hydrogens is 262 g/mol. The van der Waals surface area contributed by atoms with Crippen molar-refractivity contribution in [2.75, 3.05) is 38.2 Å². The molecule has 0 bridgehead atoms. The van der Waals surface area contributed by atoms with E-state index in [1.807, 2.05) is 12.1 Å². The van der Waals surface area contributed by atoms with Crippen LogP contribution in [0.4, 0.5) is 5.69 Å². The summed E-state index contributed by atoms with van der Waals surface area (Å²) in [6.45, 7) is 4.21. The van der Waals surface area contributed by atoms with Crippen molar-refractivity contribution in [2.24, 2.45) is 5.92 Å². The van der Waals surface area contributed by atoms with Crippen molar-refractivity contribution >= 4 is 5.69 Å². The fourth-order valence-corrected chi connectivity index (χ4v) is 3.63. The summed E-state index contributed by atoms with van der Waals surface area (Å²) in [5.41, 5.74) is 1.26.